The summed E-state index contributed by atoms with van der Waals surface area (Å²) in [5, 5.41) is 7.05. The van der Waals surface area contributed by atoms with Gasteiger partial charge in [-0.25, -0.2) is 0 Å². The average molecular weight is 553 g/mol. The summed E-state index contributed by atoms with van der Waals surface area (Å²) >= 11 is 0. The third-order valence-corrected chi connectivity index (χ3v) is 7.65. The average Bonchev–Trinajstić information content (AvgIpc) is 3.30. The molecule has 0 radical (unpaired) electrons. The second-order valence-electron chi connectivity index (χ2n) is 11.9. The Morgan fingerprint density at radius 3 is 2.37 bits per heavy atom. The lowest BCUT2D eigenvalue weighted by Gasteiger charge is -2.26. The van der Waals surface area contributed by atoms with Gasteiger partial charge in [-0.15, -0.1) is 0 Å². The third kappa shape index (κ3) is 7.04. The number of rotatable bonds is 8. The van der Waals surface area contributed by atoms with Gasteiger partial charge in [0.2, 0.25) is 0 Å². The minimum atomic E-state index is -0.162. The maximum Gasteiger partial charge on any atom is 0.267 e. The Kier molecular flexibility index (Phi) is 8.57. The molecule has 4 aromatic rings. The maximum atomic E-state index is 13.4. The highest BCUT2D eigenvalue weighted by Crippen LogP contribution is 2.26. The van der Waals surface area contributed by atoms with Gasteiger partial charge in [0, 0.05) is 54.9 Å². The Morgan fingerprint density at radius 1 is 0.902 bits per heavy atom. The first kappa shape index (κ1) is 28.6. The molecule has 5 rings (SSSR count). The Bertz CT molecular complexity index is 1530. The largest absolute Gasteiger partial charge is 0.379 e. The zero-order valence-electron chi connectivity index (χ0n) is 24.5. The van der Waals surface area contributed by atoms with Crippen molar-refractivity contribution in [1.29, 1.82) is 0 Å². The van der Waals surface area contributed by atoms with Crippen molar-refractivity contribution in [2.24, 2.45) is 0 Å². The van der Waals surface area contributed by atoms with Crippen molar-refractivity contribution in [3.8, 4) is 0 Å². The van der Waals surface area contributed by atoms with Gasteiger partial charge >= 0.3 is 0 Å². The zero-order valence-corrected chi connectivity index (χ0v) is 24.5. The van der Waals surface area contributed by atoms with Crippen LogP contribution in [-0.4, -0.2) is 60.7 Å². The first-order chi connectivity index (χ1) is 19.7. The molecule has 2 N–H and O–H groups in total. The van der Waals surface area contributed by atoms with Crippen molar-refractivity contribution in [2.45, 2.75) is 39.7 Å². The van der Waals surface area contributed by atoms with E-state index in [1.165, 1.54) is 11.1 Å². The van der Waals surface area contributed by atoms with Gasteiger partial charge in [0.25, 0.3) is 11.8 Å². The number of benzene rings is 3. The molecule has 1 aromatic heterocycles. The molecule has 1 saturated heterocycles. The highest BCUT2D eigenvalue weighted by atomic mass is 16.5. The van der Waals surface area contributed by atoms with Gasteiger partial charge in [-0.1, -0.05) is 62.7 Å². The fourth-order valence-corrected chi connectivity index (χ4v) is 5.27. The molecular weight excluding hydrogens is 512 g/mol. The summed E-state index contributed by atoms with van der Waals surface area (Å²) in [7, 11) is 0. The van der Waals surface area contributed by atoms with Crippen LogP contribution in [0, 0.1) is 6.92 Å². The lowest BCUT2D eigenvalue weighted by molar-refractivity contribution is 0.0383. The quantitative estimate of drug-likeness (QED) is 0.298. The summed E-state index contributed by atoms with van der Waals surface area (Å²) in [5.74, 6) is -0.267. The van der Waals surface area contributed by atoms with Crippen molar-refractivity contribution in [3.63, 3.8) is 0 Å². The van der Waals surface area contributed by atoms with Crippen LogP contribution >= 0.6 is 0 Å². The fourth-order valence-electron chi connectivity index (χ4n) is 5.27. The SMILES string of the molecule is Cc1cccc(Cn2c(C(=O)NCCN3CCOCC3)cc3cc(NC(=O)c4ccc(C(C)(C)C)cc4)ccc32)c1. The molecule has 41 heavy (non-hydrogen) atoms. The molecule has 0 unspecified atom stereocenters. The van der Waals surface area contributed by atoms with E-state index < -0.39 is 0 Å². The number of aromatic nitrogens is 1. The summed E-state index contributed by atoms with van der Waals surface area (Å²) in [6, 6.07) is 23.8. The van der Waals surface area contributed by atoms with Gasteiger partial charge in [0.05, 0.1) is 13.2 Å². The molecule has 0 bridgehead atoms. The van der Waals surface area contributed by atoms with E-state index in [2.05, 4.69) is 66.0 Å². The normalized spacial score (nSPS) is 14.2. The molecule has 2 amide bonds. The van der Waals surface area contributed by atoms with Crippen LogP contribution < -0.4 is 10.6 Å². The van der Waals surface area contributed by atoms with E-state index in [1.54, 1.807) is 0 Å². The first-order valence-corrected chi connectivity index (χ1v) is 14.4. The molecule has 2 heterocycles. The van der Waals surface area contributed by atoms with Crippen LogP contribution in [0.4, 0.5) is 5.69 Å². The number of hydrogen-bond acceptors (Lipinski definition) is 4. The first-order valence-electron chi connectivity index (χ1n) is 14.4. The molecule has 3 aromatic carbocycles. The maximum absolute atomic E-state index is 13.4. The lowest BCUT2D eigenvalue weighted by atomic mass is 9.87. The van der Waals surface area contributed by atoms with E-state index in [4.69, 9.17) is 4.74 Å². The minimum Gasteiger partial charge on any atom is -0.379 e. The Labute approximate surface area is 242 Å². The van der Waals surface area contributed by atoms with Crippen molar-refractivity contribution in [2.75, 3.05) is 44.7 Å². The molecule has 7 heteroatoms. The van der Waals surface area contributed by atoms with Crippen LogP contribution in [0.15, 0.2) is 72.8 Å². The number of ether oxygens (including phenoxy) is 1. The number of carbonyl (C=O) groups excluding carboxylic acids is 2. The van der Waals surface area contributed by atoms with Crippen molar-refractivity contribution in [1.82, 2.24) is 14.8 Å². The highest BCUT2D eigenvalue weighted by molar-refractivity contribution is 6.06. The van der Waals surface area contributed by atoms with E-state index >= 15 is 0 Å². The van der Waals surface area contributed by atoms with E-state index in [-0.39, 0.29) is 17.2 Å². The van der Waals surface area contributed by atoms with E-state index in [9.17, 15) is 9.59 Å². The highest BCUT2D eigenvalue weighted by Gasteiger charge is 2.19. The number of nitrogens with zero attached hydrogens (tertiary/aromatic N) is 2. The second-order valence-corrected chi connectivity index (χ2v) is 11.9. The second kappa shape index (κ2) is 12.3. The Balaban J connectivity index is 1.37. The summed E-state index contributed by atoms with van der Waals surface area (Å²) in [6.07, 6.45) is 0. The van der Waals surface area contributed by atoms with E-state index in [1.807, 2.05) is 54.6 Å². The molecule has 0 aliphatic carbocycles. The predicted molar refractivity (Wildman–Crippen MR) is 165 cm³/mol. The Morgan fingerprint density at radius 2 is 1.66 bits per heavy atom. The number of aryl methyl sites for hydroxylation is 1. The Hall–Kier alpha value is -3.94. The van der Waals surface area contributed by atoms with Crippen LogP contribution in [0.25, 0.3) is 10.9 Å². The fraction of sp³-hybridized carbons (Fsp3) is 0.353. The molecule has 1 fully saturated rings. The van der Waals surface area contributed by atoms with Gasteiger partial charge in [0.15, 0.2) is 0 Å². The molecule has 214 valence electrons. The van der Waals surface area contributed by atoms with Crippen LogP contribution in [0.1, 0.15) is 58.3 Å². The summed E-state index contributed by atoms with van der Waals surface area (Å²) in [4.78, 5) is 28.8. The molecular formula is C34H40N4O3. The van der Waals surface area contributed by atoms with Gasteiger partial charge < -0.3 is 19.9 Å². The van der Waals surface area contributed by atoms with Gasteiger partial charge in [-0.05, 0) is 59.9 Å². The summed E-state index contributed by atoms with van der Waals surface area (Å²) < 4.78 is 7.49. The monoisotopic (exact) mass is 552 g/mol. The van der Waals surface area contributed by atoms with Gasteiger partial charge in [0.1, 0.15) is 5.69 Å². The minimum absolute atomic E-state index is 0.0259. The number of fused-ring (bicyclic) bond motifs is 1. The molecule has 0 atom stereocenters. The van der Waals surface area contributed by atoms with Gasteiger partial charge in [-0.2, -0.15) is 0 Å². The summed E-state index contributed by atoms with van der Waals surface area (Å²) in [6.45, 7) is 13.7. The smallest absolute Gasteiger partial charge is 0.267 e. The van der Waals surface area contributed by atoms with E-state index in [0.717, 1.165) is 49.3 Å². The molecule has 1 aliphatic heterocycles. The van der Waals surface area contributed by atoms with Crippen LogP contribution in [0.5, 0.6) is 0 Å². The van der Waals surface area contributed by atoms with Crippen molar-refractivity contribution in [3.05, 3.63) is 101 Å². The summed E-state index contributed by atoms with van der Waals surface area (Å²) in [5.41, 5.74) is 6.35. The lowest BCUT2D eigenvalue weighted by Crippen LogP contribution is -2.41. The molecule has 0 saturated carbocycles. The van der Waals surface area contributed by atoms with Gasteiger partial charge in [-0.3, -0.25) is 14.5 Å². The number of carbonyl (C=O) groups is 2. The molecule has 0 spiro atoms. The zero-order chi connectivity index (χ0) is 29.0. The predicted octanol–water partition coefficient (Wildman–Crippen LogP) is 5.61. The number of amides is 2. The van der Waals surface area contributed by atoms with Crippen LogP contribution in [0.3, 0.4) is 0 Å². The molecule has 1 aliphatic rings. The van der Waals surface area contributed by atoms with E-state index in [0.29, 0.717) is 30.0 Å². The third-order valence-electron chi connectivity index (χ3n) is 7.65. The standard InChI is InChI=1S/C34H40N4O3/c1-24-6-5-7-25(20-24)23-38-30-13-12-29(36-32(39)26-8-10-28(11-9-26)34(2,3)4)21-27(30)22-31(38)33(40)35-14-15-37-16-18-41-19-17-37/h5-13,20-22H,14-19,23H2,1-4H3,(H,35,40)(H,36,39). The number of anilines is 1. The number of morpholine rings is 1. The topological polar surface area (TPSA) is 75.6 Å². The molecule has 7 nitrogen and oxygen atoms in total. The number of hydrogen-bond donors (Lipinski definition) is 2. The van der Waals surface area contributed by atoms with Crippen LogP contribution in [0.2, 0.25) is 0 Å². The van der Waals surface area contributed by atoms with Crippen molar-refractivity contribution >= 4 is 28.4 Å². The van der Waals surface area contributed by atoms with Crippen LogP contribution in [-0.2, 0) is 16.7 Å². The number of nitrogens with one attached hydrogen (secondary N) is 2. The van der Waals surface area contributed by atoms with Crippen molar-refractivity contribution < 1.29 is 14.3 Å².